The van der Waals surface area contributed by atoms with Gasteiger partial charge in [-0.2, -0.15) is 0 Å². The van der Waals surface area contributed by atoms with E-state index in [0.29, 0.717) is 17.2 Å². The summed E-state index contributed by atoms with van der Waals surface area (Å²) in [4.78, 5) is 0. The van der Waals surface area contributed by atoms with E-state index >= 15 is 0 Å². The number of methoxy groups -OCH3 is 1. The summed E-state index contributed by atoms with van der Waals surface area (Å²) in [7, 11) is 1.46. The van der Waals surface area contributed by atoms with Crippen LogP contribution in [0.1, 0.15) is 64.2 Å². The van der Waals surface area contributed by atoms with Crippen molar-refractivity contribution in [3.63, 3.8) is 0 Å². The number of ether oxygens (including phenoxy) is 1. The highest BCUT2D eigenvalue weighted by molar-refractivity contribution is 5.29. The molecule has 2 rings (SSSR count). The number of hydrogen-bond acceptors (Lipinski definition) is 1. The second kappa shape index (κ2) is 14.7. The van der Waals surface area contributed by atoms with Crippen molar-refractivity contribution in [2.24, 2.45) is 0 Å². The molecule has 2 aromatic carbocycles. The maximum absolute atomic E-state index is 12.9. The Bertz CT molecular complexity index is 547. The minimum atomic E-state index is -0.273. The summed E-state index contributed by atoms with van der Waals surface area (Å²) in [5.41, 5.74) is 3.39. The Labute approximate surface area is 148 Å². The van der Waals surface area contributed by atoms with Gasteiger partial charge in [0.1, 0.15) is 0 Å². The molecular formula is C22H35FO. The molecular weight excluding hydrogens is 299 g/mol. The minimum Gasteiger partial charge on any atom is -0.494 e. The van der Waals surface area contributed by atoms with E-state index in [1.807, 2.05) is 27.7 Å². The Morgan fingerprint density at radius 3 is 1.79 bits per heavy atom. The Kier molecular flexibility index (Phi) is 15.0. The van der Waals surface area contributed by atoms with Crippen molar-refractivity contribution in [1.29, 1.82) is 0 Å². The standard InChI is InChI=1S/C10H14.C8H9FO.2C2H6/c1-8(2)10-6-4-5-9(3)7-10;1-6-4-3-5-7(10-2)8(6)9;2*1-2/h4-8H,1-3H3;3-5H,1-2H3;2*1-2H3. The van der Waals surface area contributed by atoms with E-state index in [1.54, 1.807) is 25.1 Å². The zero-order valence-corrected chi connectivity index (χ0v) is 16.9. The molecule has 0 atom stereocenters. The summed E-state index contributed by atoms with van der Waals surface area (Å²) in [5, 5.41) is 0. The van der Waals surface area contributed by atoms with Crippen molar-refractivity contribution in [2.75, 3.05) is 7.11 Å². The van der Waals surface area contributed by atoms with Crippen LogP contribution in [-0.2, 0) is 0 Å². The normalized spacial score (nSPS) is 8.79. The van der Waals surface area contributed by atoms with E-state index in [4.69, 9.17) is 4.74 Å². The third-order valence-corrected chi connectivity index (χ3v) is 3.09. The van der Waals surface area contributed by atoms with Gasteiger partial charge in [-0.1, -0.05) is 83.5 Å². The Morgan fingerprint density at radius 1 is 0.875 bits per heavy atom. The molecule has 0 fully saturated rings. The summed E-state index contributed by atoms with van der Waals surface area (Å²) >= 11 is 0. The van der Waals surface area contributed by atoms with Gasteiger partial charge in [0.05, 0.1) is 7.11 Å². The molecule has 24 heavy (non-hydrogen) atoms. The van der Waals surface area contributed by atoms with Crippen LogP contribution in [0.25, 0.3) is 0 Å². The van der Waals surface area contributed by atoms with Gasteiger partial charge in [0, 0.05) is 0 Å². The first-order chi connectivity index (χ1) is 11.5. The van der Waals surface area contributed by atoms with Crippen LogP contribution in [0.4, 0.5) is 4.39 Å². The van der Waals surface area contributed by atoms with Crippen molar-refractivity contribution < 1.29 is 9.13 Å². The lowest BCUT2D eigenvalue weighted by Gasteiger charge is -2.04. The van der Waals surface area contributed by atoms with Crippen LogP contribution in [0, 0.1) is 19.7 Å². The van der Waals surface area contributed by atoms with E-state index < -0.39 is 0 Å². The Balaban J connectivity index is 0. The molecule has 0 aliphatic heterocycles. The molecule has 0 saturated heterocycles. The van der Waals surface area contributed by atoms with Gasteiger partial charge in [0.2, 0.25) is 0 Å². The van der Waals surface area contributed by atoms with Gasteiger partial charge in [0.25, 0.3) is 0 Å². The highest BCUT2D eigenvalue weighted by Crippen LogP contribution is 2.18. The lowest BCUT2D eigenvalue weighted by molar-refractivity contribution is 0.385. The fourth-order valence-electron chi connectivity index (χ4n) is 1.81. The van der Waals surface area contributed by atoms with Crippen LogP contribution in [0.3, 0.4) is 0 Å². The van der Waals surface area contributed by atoms with Gasteiger partial charge in [-0.05, 0) is 37.0 Å². The highest BCUT2D eigenvalue weighted by Gasteiger charge is 2.02. The van der Waals surface area contributed by atoms with E-state index in [9.17, 15) is 4.39 Å². The molecule has 2 heteroatoms. The Hall–Kier alpha value is -1.83. The molecule has 136 valence electrons. The lowest BCUT2D eigenvalue weighted by Crippen LogP contribution is -1.89. The quantitative estimate of drug-likeness (QED) is 0.559. The average molecular weight is 335 g/mol. The first-order valence-electron chi connectivity index (χ1n) is 8.81. The molecule has 0 N–H and O–H groups in total. The van der Waals surface area contributed by atoms with Crippen LogP contribution in [0.15, 0.2) is 42.5 Å². The van der Waals surface area contributed by atoms with E-state index in [0.717, 1.165) is 0 Å². The summed E-state index contributed by atoms with van der Waals surface area (Å²) in [6.45, 7) is 16.3. The molecule has 1 nitrogen and oxygen atoms in total. The van der Waals surface area contributed by atoms with Gasteiger partial charge in [-0.25, -0.2) is 4.39 Å². The number of benzene rings is 2. The van der Waals surface area contributed by atoms with Gasteiger partial charge in [-0.3, -0.25) is 0 Å². The van der Waals surface area contributed by atoms with E-state index in [1.165, 1.54) is 18.2 Å². The van der Waals surface area contributed by atoms with Crippen LogP contribution in [0.5, 0.6) is 5.75 Å². The van der Waals surface area contributed by atoms with Gasteiger partial charge in [-0.15, -0.1) is 0 Å². The fourth-order valence-corrected chi connectivity index (χ4v) is 1.81. The summed E-state index contributed by atoms with van der Waals surface area (Å²) in [6, 6.07) is 13.7. The average Bonchev–Trinajstić information content (AvgIpc) is 2.61. The monoisotopic (exact) mass is 334 g/mol. The summed E-state index contributed by atoms with van der Waals surface area (Å²) in [5.74, 6) is 0.685. The molecule has 0 aliphatic rings. The molecule has 0 spiro atoms. The first-order valence-corrected chi connectivity index (χ1v) is 8.81. The second-order valence-electron chi connectivity index (χ2n) is 5.16. The number of rotatable bonds is 2. The van der Waals surface area contributed by atoms with Crippen molar-refractivity contribution in [2.45, 2.75) is 61.3 Å². The molecule has 0 aromatic heterocycles. The molecule has 0 unspecified atom stereocenters. The maximum atomic E-state index is 12.9. The largest absolute Gasteiger partial charge is 0.494 e. The van der Waals surface area contributed by atoms with Crippen molar-refractivity contribution in [1.82, 2.24) is 0 Å². The predicted molar refractivity (Wildman–Crippen MR) is 106 cm³/mol. The van der Waals surface area contributed by atoms with Crippen LogP contribution in [0.2, 0.25) is 0 Å². The van der Waals surface area contributed by atoms with Crippen LogP contribution < -0.4 is 4.74 Å². The SMILES string of the molecule is CC.CC.COc1cccc(C)c1F.Cc1cccc(C(C)C)c1. The van der Waals surface area contributed by atoms with Gasteiger partial charge in [0.15, 0.2) is 11.6 Å². The minimum absolute atomic E-state index is 0.273. The third-order valence-electron chi connectivity index (χ3n) is 3.09. The topological polar surface area (TPSA) is 9.23 Å². The molecule has 0 radical (unpaired) electrons. The zero-order chi connectivity index (χ0) is 19.1. The lowest BCUT2D eigenvalue weighted by atomic mass is 10.0. The molecule has 0 amide bonds. The zero-order valence-electron chi connectivity index (χ0n) is 16.9. The molecule has 0 heterocycles. The van der Waals surface area contributed by atoms with Gasteiger partial charge >= 0.3 is 0 Å². The fraction of sp³-hybridized carbons (Fsp3) is 0.455. The maximum Gasteiger partial charge on any atom is 0.167 e. The molecule has 2 aromatic rings. The Morgan fingerprint density at radius 2 is 1.42 bits per heavy atom. The predicted octanol–water partition coefficient (Wildman–Crippen LogP) is 7.31. The van der Waals surface area contributed by atoms with E-state index in [-0.39, 0.29) is 5.82 Å². The third kappa shape index (κ3) is 9.34. The number of halogens is 1. The first kappa shape index (κ1) is 24.4. The second-order valence-corrected chi connectivity index (χ2v) is 5.16. The number of hydrogen-bond donors (Lipinski definition) is 0. The van der Waals surface area contributed by atoms with Crippen molar-refractivity contribution in [3.8, 4) is 5.75 Å². The summed E-state index contributed by atoms with van der Waals surface area (Å²) in [6.07, 6.45) is 0. The summed E-state index contributed by atoms with van der Waals surface area (Å²) < 4.78 is 17.6. The smallest absolute Gasteiger partial charge is 0.167 e. The van der Waals surface area contributed by atoms with Crippen LogP contribution in [-0.4, -0.2) is 7.11 Å². The molecule has 0 aliphatic carbocycles. The van der Waals surface area contributed by atoms with Crippen LogP contribution >= 0.6 is 0 Å². The van der Waals surface area contributed by atoms with Crippen molar-refractivity contribution in [3.05, 3.63) is 65.0 Å². The van der Waals surface area contributed by atoms with Crippen molar-refractivity contribution >= 4 is 0 Å². The highest BCUT2D eigenvalue weighted by atomic mass is 19.1. The van der Waals surface area contributed by atoms with Gasteiger partial charge < -0.3 is 4.74 Å². The number of aryl methyl sites for hydroxylation is 2. The van der Waals surface area contributed by atoms with E-state index in [2.05, 4.69) is 45.0 Å². The molecule has 0 saturated carbocycles. The molecule has 0 bridgehead atoms.